The molecule has 0 aliphatic heterocycles. The van der Waals surface area contributed by atoms with Crippen molar-refractivity contribution in [3.63, 3.8) is 0 Å². The normalized spacial score (nSPS) is 11.1. The summed E-state index contributed by atoms with van der Waals surface area (Å²) in [5.41, 5.74) is 0. The number of carbonyl (C=O) groups is 1. The van der Waals surface area contributed by atoms with Crippen molar-refractivity contribution < 1.29 is 19.0 Å². The Labute approximate surface area is 144 Å². The summed E-state index contributed by atoms with van der Waals surface area (Å²) < 4.78 is 16.3. The standard InChI is InChI=1S/C15H33N3O4S/c1-14(2)17-6-10-22-13-12-21-9-5-16-4-8-20-11-7-18-15(19)23-3/h14,16-17H,4-13H2,1-3H3,(H,18,19). The van der Waals surface area contributed by atoms with Crippen molar-refractivity contribution >= 4 is 17.0 Å². The predicted molar refractivity (Wildman–Crippen MR) is 95.4 cm³/mol. The van der Waals surface area contributed by atoms with E-state index in [4.69, 9.17) is 14.2 Å². The Morgan fingerprint density at radius 3 is 1.96 bits per heavy atom. The average Bonchev–Trinajstić information content (AvgIpc) is 2.53. The zero-order valence-corrected chi connectivity index (χ0v) is 15.5. The van der Waals surface area contributed by atoms with Gasteiger partial charge in [-0.15, -0.1) is 0 Å². The van der Waals surface area contributed by atoms with Crippen LogP contribution in [-0.2, 0) is 14.2 Å². The van der Waals surface area contributed by atoms with E-state index in [1.165, 1.54) is 11.8 Å². The molecule has 0 aromatic carbocycles. The van der Waals surface area contributed by atoms with Crippen LogP contribution in [0.2, 0.25) is 0 Å². The Hall–Kier alpha value is -0.380. The van der Waals surface area contributed by atoms with Gasteiger partial charge in [0.05, 0.1) is 39.6 Å². The van der Waals surface area contributed by atoms with Gasteiger partial charge >= 0.3 is 0 Å². The number of nitrogens with one attached hydrogen (secondary N) is 3. The van der Waals surface area contributed by atoms with Gasteiger partial charge in [-0.05, 0) is 6.26 Å². The molecular weight excluding hydrogens is 318 g/mol. The van der Waals surface area contributed by atoms with Gasteiger partial charge in [0.1, 0.15) is 0 Å². The van der Waals surface area contributed by atoms with Gasteiger partial charge < -0.3 is 30.2 Å². The van der Waals surface area contributed by atoms with E-state index in [0.29, 0.717) is 52.2 Å². The Bertz CT molecular complexity index is 271. The molecule has 0 saturated heterocycles. The molecule has 0 aromatic rings. The molecule has 0 saturated carbocycles. The minimum absolute atomic E-state index is 0.0240. The highest BCUT2D eigenvalue weighted by Gasteiger charge is 1.96. The monoisotopic (exact) mass is 351 g/mol. The molecule has 0 spiro atoms. The van der Waals surface area contributed by atoms with Gasteiger partial charge in [0.15, 0.2) is 0 Å². The largest absolute Gasteiger partial charge is 0.378 e. The summed E-state index contributed by atoms with van der Waals surface area (Å²) in [5.74, 6) is 0. The van der Waals surface area contributed by atoms with E-state index in [1.807, 2.05) is 0 Å². The van der Waals surface area contributed by atoms with Gasteiger partial charge in [0.25, 0.3) is 5.24 Å². The molecule has 0 radical (unpaired) electrons. The molecule has 0 aromatic heterocycles. The maximum Gasteiger partial charge on any atom is 0.278 e. The molecule has 0 aliphatic carbocycles. The maximum absolute atomic E-state index is 10.9. The number of amides is 1. The lowest BCUT2D eigenvalue weighted by Crippen LogP contribution is -2.28. The van der Waals surface area contributed by atoms with Crippen LogP contribution in [0.15, 0.2) is 0 Å². The molecule has 0 aliphatic rings. The van der Waals surface area contributed by atoms with E-state index in [1.54, 1.807) is 6.26 Å². The highest BCUT2D eigenvalue weighted by molar-refractivity contribution is 8.12. The minimum Gasteiger partial charge on any atom is -0.378 e. The van der Waals surface area contributed by atoms with Crippen LogP contribution >= 0.6 is 11.8 Å². The molecule has 0 unspecified atom stereocenters. The number of carbonyl (C=O) groups excluding carboxylic acids is 1. The molecule has 138 valence electrons. The quantitative estimate of drug-likeness (QED) is 0.353. The summed E-state index contributed by atoms with van der Waals surface area (Å²) in [6, 6.07) is 0.499. The van der Waals surface area contributed by atoms with E-state index in [-0.39, 0.29) is 5.24 Å². The van der Waals surface area contributed by atoms with Crippen LogP contribution in [0.1, 0.15) is 13.8 Å². The number of rotatable bonds is 16. The fourth-order valence-corrected chi connectivity index (χ4v) is 1.80. The van der Waals surface area contributed by atoms with Crippen LogP contribution in [0.5, 0.6) is 0 Å². The average molecular weight is 352 g/mol. The second-order valence-corrected chi connectivity index (χ2v) is 5.89. The predicted octanol–water partition coefficient (Wildman–Crippen LogP) is 0.696. The van der Waals surface area contributed by atoms with Crippen LogP contribution in [0.3, 0.4) is 0 Å². The second-order valence-electron chi connectivity index (χ2n) is 5.11. The Morgan fingerprint density at radius 1 is 0.870 bits per heavy atom. The number of hydrogen-bond donors (Lipinski definition) is 3. The van der Waals surface area contributed by atoms with E-state index in [2.05, 4.69) is 29.8 Å². The molecule has 0 rings (SSSR count). The van der Waals surface area contributed by atoms with Crippen molar-refractivity contribution in [2.24, 2.45) is 0 Å². The molecular formula is C15H33N3O4S. The third kappa shape index (κ3) is 19.6. The highest BCUT2D eigenvalue weighted by atomic mass is 32.2. The molecule has 3 N–H and O–H groups in total. The first-order valence-electron chi connectivity index (χ1n) is 8.16. The summed E-state index contributed by atoms with van der Waals surface area (Å²) in [6.07, 6.45) is 1.75. The lowest BCUT2D eigenvalue weighted by atomic mass is 10.4. The third-order valence-corrected chi connectivity index (χ3v) is 3.23. The fourth-order valence-electron chi connectivity index (χ4n) is 1.55. The van der Waals surface area contributed by atoms with Gasteiger partial charge in [0, 0.05) is 32.2 Å². The van der Waals surface area contributed by atoms with E-state index in [0.717, 1.165) is 19.6 Å². The topological polar surface area (TPSA) is 80.9 Å². The third-order valence-electron chi connectivity index (χ3n) is 2.72. The molecule has 1 amide bonds. The fraction of sp³-hybridized carbons (Fsp3) is 0.933. The zero-order valence-electron chi connectivity index (χ0n) is 14.7. The minimum atomic E-state index is -0.0240. The van der Waals surface area contributed by atoms with E-state index < -0.39 is 0 Å². The summed E-state index contributed by atoms with van der Waals surface area (Å²) in [7, 11) is 0. The first-order chi connectivity index (χ1) is 11.2. The van der Waals surface area contributed by atoms with Crippen molar-refractivity contribution in [1.82, 2.24) is 16.0 Å². The summed E-state index contributed by atoms with van der Waals surface area (Å²) in [4.78, 5) is 10.9. The lowest BCUT2D eigenvalue weighted by Gasteiger charge is -2.09. The molecule has 0 atom stereocenters. The molecule has 7 nitrogen and oxygen atoms in total. The first-order valence-corrected chi connectivity index (χ1v) is 9.38. The number of thioether (sulfide) groups is 1. The lowest BCUT2D eigenvalue weighted by molar-refractivity contribution is 0.0488. The maximum atomic E-state index is 10.9. The van der Waals surface area contributed by atoms with Crippen molar-refractivity contribution in [2.75, 3.05) is 72.1 Å². The van der Waals surface area contributed by atoms with Gasteiger partial charge in [-0.1, -0.05) is 25.6 Å². The van der Waals surface area contributed by atoms with Gasteiger partial charge in [-0.3, -0.25) is 4.79 Å². The van der Waals surface area contributed by atoms with Crippen LogP contribution in [0.25, 0.3) is 0 Å². The Morgan fingerprint density at radius 2 is 1.39 bits per heavy atom. The summed E-state index contributed by atoms with van der Waals surface area (Å²) >= 11 is 1.17. The van der Waals surface area contributed by atoms with Crippen molar-refractivity contribution in [2.45, 2.75) is 19.9 Å². The summed E-state index contributed by atoms with van der Waals surface area (Å²) in [5, 5.41) is 9.22. The van der Waals surface area contributed by atoms with Crippen LogP contribution < -0.4 is 16.0 Å². The molecule has 0 heterocycles. The zero-order chi connectivity index (χ0) is 17.2. The van der Waals surface area contributed by atoms with Crippen LogP contribution in [0, 0.1) is 0 Å². The molecule has 0 bridgehead atoms. The van der Waals surface area contributed by atoms with Crippen molar-refractivity contribution in [3.8, 4) is 0 Å². The van der Waals surface area contributed by atoms with Gasteiger partial charge in [-0.2, -0.15) is 0 Å². The van der Waals surface area contributed by atoms with Crippen LogP contribution in [-0.4, -0.2) is 83.4 Å². The van der Waals surface area contributed by atoms with Gasteiger partial charge in [-0.25, -0.2) is 0 Å². The van der Waals surface area contributed by atoms with E-state index in [9.17, 15) is 4.79 Å². The first kappa shape index (κ1) is 22.6. The highest BCUT2D eigenvalue weighted by Crippen LogP contribution is 1.90. The molecule has 23 heavy (non-hydrogen) atoms. The van der Waals surface area contributed by atoms with E-state index >= 15 is 0 Å². The number of hydrogen-bond acceptors (Lipinski definition) is 7. The van der Waals surface area contributed by atoms with Crippen molar-refractivity contribution in [1.29, 1.82) is 0 Å². The summed E-state index contributed by atoms with van der Waals surface area (Å²) in [6.45, 7) is 11.0. The molecule has 8 heteroatoms. The van der Waals surface area contributed by atoms with Gasteiger partial charge in [0.2, 0.25) is 0 Å². The molecule has 0 fully saturated rings. The Balaban J connectivity index is 3.01. The SMILES string of the molecule is CSC(=O)NCCOCCNCCOCCOCCNC(C)C. The van der Waals surface area contributed by atoms with Crippen LogP contribution in [0.4, 0.5) is 4.79 Å². The smallest absolute Gasteiger partial charge is 0.278 e. The Kier molecular flexibility index (Phi) is 17.7. The number of ether oxygens (including phenoxy) is 3. The second kappa shape index (κ2) is 18.0. The van der Waals surface area contributed by atoms with Crippen molar-refractivity contribution in [3.05, 3.63) is 0 Å².